The molecule has 0 aromatic heterocycles. The molecule has 2 N–H and O–H groups in total. The molecule has 1 unspecified atom stereocenters. The molecule has 1 atom stereocenters. The van der Waals surface area contributed by atoms with E-state index in [9.17, 15) is 4.79 Å². The lowest BCUT2D eigenvalue weighted by Crippen LogP contribution is -2.30. The number of hydrogen-bond donors (Lipinski definition) is 1. The molecule has 2 aromatic carbocycles. The molecule has 0 saturated heterocycles. The third kappa shape index (κ3) is 2.25. The predicted molar refractivity (Wildman–Crippen MR) is 74.3 cm³/mol. The Hall–Kier alpha value is -2.13. The van der Waals surface area contributed by atoms with Gasteiger partial charge in [-0.3, -0.25) is 4.79 Å². The average Bonchev–Trinajstić information content (AvgIpc) is 2.60. The van der Waals surface area contributed by atoms with E-state index in [4.69, 9.17) is 10.5 Å². The molecule has 96 valence electrons. The Morgan fingerprint density at radius 3 is 2.63 bits per heavy atom. The van der Waals surface area contributed by atoms with E-state index in [-0.39, 0.29) is 5.78 Å². The van der Waals surface area contributed by atoms with Crippen molar-refractivity contribution in [1.82, 2.24) is 0 Å². The highest BCUT2D eigenvalue weighted by molar-refractivity contribution is 6.03. The first-order chi connectivity index (χ1) is 9.25. The zero-order chi connectivity index (χ0) is 13.2. The summed E-state index contributed by atoms with van der Waals surface area (Å²) < 4.78 is 5.58. The molecule has 2 aromatic rings. The van der Waals surface area contributed by atoms with Crippen molar-refractivity contribution in [2.75, 3.05) is 6.61 Å². The summed E-state index contributed by atoms with van der Waals surface area (Å²) in [4.78, 5) is 12.2. The van der Waals surface area contributed by atoms with E-state index in [0.717, 1.165) is 11.1 Å². The Labute approximate surface area is 112 Å². The first-order valence-electron chi connectivity index (χ1n) is 6.38. The Morgan fingerprint density at radius 2 is 1.84 bits per heavy atom. The number of carbonyl (C=O) groups excluding carboxylic acids is 1. The summed E-state index contributed by atoms with van der Waals surface area (Å²) in [5, 5.41) is 0. The second-order valence-electron chi connectivity index (χ2n) is 4.68. The molecule has 3 nitrogen and oxygen atoms in total. The Bertz CT molecular complexity index is 607. The zero-order valence-electron chi connectivity index (χ0n) is 10.5. The van der Waals surface area contributed by atoms with Gasteiger partial charge < -0.3 is 10.5 Å². The van der Waals surface area contributed by atoms with Gasteiger partial charge in [0.05, 0.1) is 18.2 Å². The maximum atomic E-state index is 12.2. The number of carbonyl (C=O) groups is 1. The van der Waals surface area contributed by atoms with Crippen LogP contribution in [0.5, 0.6) is 5.75 Å². The van der Waals surface area contributed by atoms with Gasteiger partial charge in [-0.1, -0.05) is 36.4 Å². The number of ketones is 1. The summed E-state index contributed by atoms with van der Waals surface area (Å²) in [5.41, 5.74) is 8.53. The quantitative estimate of drug-likeness (QED) is 0.850. The Morgan fingerprint density at radius 1 is 1.05 bits per heavy atom. The van der Waals surface area contributed by atoms with Crippen molar-refractivity contribution in [3.63, 3.8) is 0 Å². The van der Waals surface area contributed by atoms with Gasteiger partial charge in [0, 0.05) is 6.42 Å². The van der Waals surface area contributed by atoms with Crippen LogP contribution in [0.1, 0.15) is 16.8 Å². The largest absolute Gasteiger partial charge is 0.493 e. The number of rotatable bonds is 1. The van der Waals surface area contributed by atoms with E-state index in [1.807, 2.05) is 48.5 Å². The zero-order valence-corrected chi connectivity index (χ0v) is 10.5. The number of nitrogens with two attached hydrogens (primary N) is 1. The lowest BCUT2D eigenvalue weighted by Gasteiger charge is -2.09. The molecule has 0 radical (unpaired) electrons. The average molecular weight is 253 g/mol. The molecule has 1 aliphatic heterocycles. The highest BCUT2D eigenvalue weighted by Crippen LogP contribution is 2.29. The van der Waals surface area contributed by atoms with Gasteiger partial charge >= 0.3 is 0 Å². The van der Waals surface area contributed by atoms with Crippen molar-refractivity contribution in [1.29, 1.82) is 0 Å². The van der Waals surface area contributed by atoms with E-state index in [1.165, 1.54) is 0 Å². The molecule has 0 amide bonds. The molecule has 1 aliphatic rings. The van der Waals surface area contributed by atoms with E-state index < -0.39 is 6.04 Å². The van der Waals surface area contributed by atoms with Crippen LogP contribution in [0.4, 0.5) is 0 Å². The van der Waals surface area contributed by atoms with Crippen LogP contribution < -0.4 is 10.5 Å². The standard InChI is InChI=1S/C16H15NO2/c17-14-8-9-19-15-7-6-12(10-13(15)16(14)18)11-4-2-1-3-5-11/h1-7,10,14H,8-9,17H2. The van der Waals surface area contributed by atoms with E-state index in [0.29, 0.717) is 24.3 Å². The molecule has 0 aliphatic carbocycles. The van der Waals surface area contributed by atoms with Crippen molar-refractivity contribution in [3.8, 4) is 16.9 Å². The minimum atomic E-state index is -0.465. The SMILES string of the molecule is NC1CCOc2ccc(-c3ccccc3)cc2C1=O. The van der Waals surface area contributed by atoms with Crippen LogP contribution in [0.3, 0.4) is 0 Å². The lowest BCUT2D eigenvalue weighted by molar-refractivity contribution is 0.0960. The van der Waals surface area contributed by atoms with Gasteiger partial charge in [0.2, 0.25) is 0 Å². The smallest absolute Gasteiger partial charge is 0.183 e. The monoisotopic (exact) mass is 253 g/mol. The first-order valence-corrected chi connectivity index (χ1v) is 6.38. The van der Waals surface area contributed by atoms with Crippen LogP contribution in [0.15, 0.2) is 48.5 Å². The third-order valence-electron chi connectivity index (χ3n) is 3.38. The van der Waals surface area contributed by atoms with Gasteiger partial charge in [-0.25, -0.2) is 0 Å². The van der Waals surface area contributed by atoms with Crippen LogP contribution in [0.25, 0.3) is 11.1 Å². The fourth-order valence-electron chi connectivity index (χ4n) is 2.29. The summed E-state index contributed by atoms with van der Waals surface area (Å²) in [7, 11) is 0. The number of Topliss-reactive ketones (excluding diaryl/α,β-unsaturated/α-hetero) is 1. The molecule has 0 spiro atoms. The molecular formula is C16H15NO2. The van der Waals surface area contributed by atoms with Gasteiger partial charge in [-0.05, 0) is 23.3 Å². The summed E-state index contributed by atoms with van der Waals surface area (Å²) in [6.07, 6.45) is 0.564. The number of hydrogen-bond acceptors (Lipinski definition) is 3. The number of ether oxygens (including phenoxy) is 1. The first kappa shape index (κ1) is 11.9. The van der Waals surface area contributed by atoms with Crippen LogP contribution in [-0.2, 0) is 0 Å². The molecule has 0 saturated carbocycles. The Balaban J connectivity index is 2.08. The lowest BCUT2D eigenvalue weighted by atomic mass is 9.97. The van der Waals surface area contributed by atoms with E-state index >= 15 is 0 Å². The predicted octanol–water partition coefficient (Wildman–Crippen LogP) is 2.65. The second-order valence-corrected chi connectivity index (χ2v) is 4.68. The molecular weight excluding hydrogens is 238 g/mol. The maximum absolute atomic E-state index is 12.2. The maximum Gasteiger partial charge on any atom is 0.183 e. The second kappa shape index (κ2) is 4.86. The van der Waals surface area contributed by atoms with Crippen molar-refractivity contribution in [3.05, 3.63) is 54.1 Å². The van der Waals surface area contributed by atoms with Crippen LogP contribution >= 0.6 is 0 Å². The van der Waals surface area contributed by atoms with Crippen LogP contribution in [0, 0.1) is 0 Å². The molecule has 0 bridgehead atoms. The topological polar surface area (TPSA) is 52.3 Å². The molecule has 3 rings (SSSR count). The summed E-state index contributed by atoms with van der Waals surface area (Å²) in [5.74, 6) is 0.600. The van der Waals surface area contributed by atoms with Crippen molar-refractivity contribution >= 4 is 5.78 Å². The fourth-order valence-corrected chi connectivity index (χ4v) is 2.29. The highest BCUT2D eigenvalue weighted by atomic mass is 16.5. The molecule has 19 heavy (non-hydrogen) atoms. The van der Waals surface area contributed by atoms with Gasteiger partial charge in [0.1, 0.15) is 5.75 Å². The van der Waals surface area contributed by atoms with Crippen LogP contribution in [0.2, 0.25) is 0 Å². The molecule has 3 heteroatoms. The summed E-state index contributed by atoms with van der Waals surface area (Å²) >= 11 is 0. The highest BCUT2D eigenvalue weighted by Gasteiger charge is 2.23. The Kier molecular flexibility index (Phi) is 3.05. The van der Waals surface area contributed by atoms with Crippen LogP contribution in [-0.4, -0.2) is 18.4 Å². The minimum Gasteiger partial charge on any atom is -0.493 e. The number of benzene rings is 2. The number of fused-ring (bicyclic) bond motifs is 1. The molecule has 1 heterocycles. The van der Waals surface area contributed by atoms with Crippen molar-refractivity contribution in [2.45, 2.75) is 12.5 Å². The van der Waals surface area contributed by atoms with Crippen molar-refractivity contribution < 1.29 is 9.53 Å². The van der Waals surface area contributed by atoms with Gasteiger partial charge in [0.15, 0.2) is 5.78 Å². The molecule has 0 fully saturated rings. The minimum absolute atomic E-state index is 0.0368. The van der Waals surface area contributed by atoms with E-state index in [1.54, 1.807) is 0 Å². The summed E-state index contributed by atoms with van der Waals surface area (Å²) in [6, 6.07) is 15.2. The van der Waals surface area contributed by atoms with E-state index in [2.05, 4.69) is 0 Å². The normalized spacial score (nSPS) is 18.4. The van der Waals surface area contributed by atoms with Gasteiger partial charge in [0.25, 0.3) is 0 Å². The van der Waals surface area contributed by atoms with Gasteiger partial charge in [-0.2, -0.15) is 0 Å². The third-order valence-corrected chi connectivity index (χ3v) is 3.38. The summed E-state index contributed by atoms with van der Waals surface area (Å²) in [6.45, 7) is 0.491. The van der Waals surface area contributed by atoms with Crippen molar-refractivity contribution in [2.24, 2.45) is 5.73 Å². The fraction of sp³-hybridized carbons (Fsp3) is 0.188. The van der Waals surface area contributed by atoms with Gasteiger partial charge in [-0.15, -0.1) is 0 Å².